The van der Waals surface area contributed by atoms with Gasteiger partial charge in [0.2, 0.25) is 0 Å². The molecule has 0 radical (unpaired) electrons. The largest absolute Gasteiger partial charge is 0.0991 e. The summed E-state index contributed by atoms with van der Waals surface area (Å²) in [5.41, 5.74) is 2.90. The zero-order valence-corrected chi connectivity index (χ0v) is 8.30. The summed E-state index contributed by atoms with van der Waals surface area (Å²) in [6.07, 6.45) is 6.18. The summed E-state index contributed by atoms with van der Waals surface area (Å²) >= 11 is 0. The van der Waals surface area contributed by atoms with Crippen molar-refractivity contribution < 1.29 is 0 Å². The first-order valence-corrected chi connectivity index (χ1v) is 6.09. The van der Waals surface area contributed by atoms with E-state index in [9.17, 15) is 0 Å². The van der Waals surface area contributed by atoms with Gasteiger partial charge in [0, 0.05) is 11.5 Å². The monoisotopic (exact) mass is 184 g/mol. The fourth-order valence-corrected chi connectivity index (χ4v) is 3.28. The third-order valence-electron chi connectivity index (χ3n) is 1.59. The molecule has 2 heteroatoms. The molecule has 0 atom stereocenters. The molecular weight excluding hydrogens is 172 g/mol. The van der Waals surface area contributed by atoms with Gasteiger partial charge < -0.3 is 0 Å². The quantitative estimate of drug-likeness (QED) is 0.573. The van der Waals surface area contributed by atoms with Crippen LogP contribution in [0, 0.1) is 0 Å². The van der Waals surface area contributed by atoms with Crippen LogP contribution in [0.1, 0.15) is 6.92 Å². The lowest BCUT2D eigenvalue weighted by Gasteiger charge is -2.15. The van der Waals surface area contributed by atoms with Gasteiger partial charge in [0.15, 0.2) is 0 Å². The van der Waals surface area contributed by atoms with Crippen LogP contribution in [0.2, 0.25) is 0 Å². The Morgan fingerprint density at radius 1 is 1.27 bits per heavy atom. The third-order valence-corrected chi connectivity index (χ3v) is 3.82. The standard InChI is InChI=1S/C9H12S2/c1-3-5-9-7-11-10-6-8(9)4-2/h3-5H,1,6-7H2,2H3/b8-4-,9-5-. The molecule has 0 nitrogen and oxygen atoms in total. The van der Waals surface area contributed by atoms with Gasteiger partial charge in [-0.2, -0.15) is 0 Å². The van der Waals surface area contributed by atoms with E-state index in [1.165, 1.54) is 11.1 Å². The summed E-state index contributed by atoms with van der Waals surface area (Å²) in [6.45, 7) is 5.80. The zero-order chi connectivity index (χ0) is 8.10. The second-order valence-electron chi connectivity index (χ2n) is 2.27. The maximum Gasteiger partial charge on any atom is 0.0291 e. The summed E-state index contributed by atoms with van der Waals surface area (Å²) < 4.78 is 0. The molecule has 1 rings (SSSR count). The molecule has 0 unspecified atom stereocenters. The topological polar surface area (TPSA) is 0 Å². The third kappa shape index (κ3) is 2.46. The van der Waals surface area contributed by atoms with Crippen LogP contribution >= 0.6 is 21.6 Å². The molecule has 1 fully saturated rings. The predicted molar refractivity (Wildman–Crippen MR) is 57.0 cm³/mol. The SMILES string of the molecule is C=C/C=C1/CSSC/C1=C/C. The Balaban J connectivity index is 2.74. The lowest BCUT2D eigenvalue weighted by Crippen LogP contribution is -1.99. The summed E-state index contributed by atoms with van der Waals surface area (Å²) in [6, 6.07) is 0. The van der Waals surface area contributed by atoms with Crippen LogP contribution in [0.4, 0.5) is 0 Å². The van der Waals surface area contributed by atoms with Gasteiger partial charge in [0.1, 0.15) is 0 Å². The van der Waals surface area contributed by atoms with Crippen molar-refractivity contribution in [2.24, 2.45) is 0 Å². The lowest BCUT2D eigenvalue weighted by atomic mass is 10.1. The molecule has 1 aliphatic rings. The van der Waals surface area contributed by atoms with Gasteiger partial charge >= 0.3 is 0 Å². The van der Waals surface area contributed by atoms with Gasteiger partial charge in [-0.15, -0.1) is 0 Å². The minimum absolute atomic E-state index is 1.12. The first-order chi connectivity index (χ1) is 5.38. The molecule has 1 aliphatic heterocycles. The minimum atomic E-state index is 1.12. The fourth-order valence-electron chi connectivity index (χ4n) is 0.962. The molecule has 0 spiro atoms. The average Bonchev–Trinajstić information content (AvgIpc) is 2.06. The van der Waals surface area contributed by atoms with Gasteiger partial charge in [0.05, 0.1) is 0 Å². The molecule has 60 valence electrons. The molecule has 1 saturated heterocycles. The number of hydrogen-bond acceptors (Lipinski definition) is 2. The van der Waals surface area contributed by atoms with Gasteiger partial charge in [-0.3, -0.25) is 0 Å². The second-order valence-corrected chi connectivity index (χ2v) is 4.73. The van der Waals surface area contributed by atoms with Crippen LogP contribution in [-0.4, -0.2) is 11.5 Å². The predicted octanol–water partition coefficient (Wildman–Crippen LogP) is 3.44. The lowest BCUT2D eigenvalue weighted by molar-refractivity contribution is 1.35. The summed E-state index contributed by atoms with van der Waals surface area (Å²) in [5.74, 6) is 2.26. The summed E-state index contributed by atoms with van der Waals surface area (Å²) in [7, 11) is 3.85. The zero-order valence-electron chi connectivity index (χ0n) is 6.67. The van der Waals surface area contributed by atoms with E-state index in [1.54, 1.807) is 0 Å². The highest BCUT2D eigenvalue weighted by Crippen LogP contribution is 2.35. The fraction of sp³-hybridized carbons (Fsp3) is 0.333. The molecule has 0 aromatic rings. The smallest absolute Gasteiger partial charge is 0.0291 e. The van der Waals surface area contributed by atoms with E-state index in [1.807, 2.05) is 27.7 Å². The Labute approximate surface area is 76.2 Å². The van der Waals surface area contributed by atoms with E-state index in [0.29, 0.717) is 0 Å². The molecule has 0 amide bonds. The maximum absolute atomic E-state index is 3.70. The van der Waals surface area contributed by atoms with Gasteiger partial charge in [-0.25, -0.2) is 0 Å². The molecule has 1 heterocycles. The molecule has 0 saturated carbocycles. The molecular formula is C9H12S2. The normalized spacial score (nSPS) is 25.9. The van der Waals surface area contributed by atoms with E-state index in [4.69, 9.17) is 0 Å². The van der Waals surface area contributed by atoms with Crippen LogP contribution < -0.4 is 0 Å². The second kappa shape index (κ2) is 4.73. The van der Waals surface area contributed by atoms with Gasteiger partial charge in [0.25, 0.3) is 0 Å². The summed E-state index contributed by atoms with van der Waals surface area (Å²) in [4.78, 5) is 0. The van der Waals surface area contributed by atoms with Crippen LogP contribution in [0.3, 0.4) is 0 Å². The minimum Gasteiger partial charge on any atom is -0.0991 e. The van der Waals surface area contributed by atoms with Crippen molar-refractivity contribution in [2.45, 2.75) is 6.92 Å². The highest BCUT2D eigenvalue weighted by molar-refractivity contribution is 8.76. The maximum atomic E-state index is 3.70. The Bertz CT molecular complexity index is 202. The molecule has 11 heavy (non-hydrogen) atoms. The number of rotatable bonds is 1. The molecule has 0 bridgehead atoms. The van der Waals surface area contributed by atoms with Crippen molar-refractivity contribution >= 4 is 21.6 Å². The van der Waals surface area contributed by atoms with Crippen molar-refractivity contribution in [3.8, 4) is 0 Å². The highest BCUT2D eigenvalue weighted by Gasteiger charge is 2.09. The van der Waals surface area contributed by atoms with Crippen molar-refractivity contribution in [3.05, 3.63) is 36.0 Å². The Hall–Kier alpha value is -0.0800. The van der Waals surface area contributed by atoms with Gasteiger partial charge in [-0.1, -0.05) is 46.4 Å². The van der Waals surface area contributed by atoms with Crippen molar-refractivity contribution in [2.75, 3.05) is 11.5 Å². The Kier molecular flexibility index (Phi) is 3.87. The number of allylic oxidation sites excluding steroid dienone is 3. The average molecular weight is 184 g/mol. The van der Waals surface area contributed by atoms with Crippen LogP contribution in [0.25, 0.3) is 0 Å². The van der Waals surface area contributed by atoms with Crippen molar-refractivity contribution in [3.63, 3.8) is 0 Å². The van der Waals surface area contributed by atoms with Crippen LogP contribution in [-0.2, 0) is 0 Å². The van der Waals surface area contributed by atoms with E-state index >= 15 is 0 Å². The first kappa shape index (κ1) is 9.01. The summed E-state index contributed by atoms with van der Waals surface area (Å²) in [5, 5.41) is 0. The van der Waals surface area contributed by atoms with E-state index < -0.39 is 0 Å². The molecule has 0 aromatic carbocycles. The van der Waals surface area contributed by atoms with Crippen molar-refractivity contribution in [1.29, 1.82) is 0 Å². The van der Waals surface area contributed by atoms with Gasteiger partial charge in [-0.05, 0) is 18.1 Å². The van der Waals surface area contributed by atoms with Crippen molar-refractivity contribution in [1.82, 2.24) is 0 Å². The number of hydrogen-bond donors (Lipinski definition) is 0. The molecule has 0 aromatic heterocycles. The molecule has 0 aliphatic carbocycles. The van der Waals surface area contributed by atoms with Crippen LogP contribution in [0.5, 0.6) is 0 Å². The molecule has 0 N–H and O–H groups in total. The van der Waals surface area contributed by atoms with E-state index in [2.05, 4.69) is 25.7 Å². The highest BCUT2D eigenvalue weighted by atomic mass is 33.1. The van der Waals surface area contributed by atoms with E-state index in [-0.39, 0.29) is 0 Å². The Morgan fingerprint density at radius 2 is 1.91 bits per heavy atom. The first-order valence-electron chi connectivity index (χ1n) is 3.60. The van der Waals surface area contributed by atoms with E-state index in [0.717, 1.165) is 11.5 Å². The van der Waals surface area contributed by atoms with Crippen LogP contribution in [0.15, 0.2) is 36.0 Å². The Morgan fingerprint density at radius 3 is 2.45 bits per heavy atom.